The van der Waals surface area contributed by atoms with Gasteiger partial charge in [0, 0.05) is 6.61 Å². The first kappa shape index (κ1) is 14.2. The molecule has 17 heavy (non-hydrogen) atoms. The molecule has 0 saturated carbocycles. The van der Waals surface area contributed by atoms with Gasteiger partial charge in [-0.05, 0) is 32.3 Å². The van der Waals surface area contributed by atoms with E-state index in [-0.39, 0.29) is 12.1 Å². The first-order valence-electron chi connectivity index (χ1n) is 6.34. The highest BCUT2D eigenvalue weighted by Gasteiger charge is 2.19. The van der Waals surface area contributed by atoms with Crippen molar-refractivity contribution in [2.75, 3.05) is 6.61 Å². The summed E-state index contributed by atoms with van der Waals surface area (Å²) in [6.45, 7) is 6.97. The smallest absolute Gasteiger partial charge is 0.0741 e. The molecule has 0 bridgehead atoms. The highest BCUT2D eigenvalue weighted by molar-refractivity contribution is 5.23. The number of nitrogens with two attached hydrogens (primary N) is 1. The van der Waals surface area contributed by atoms with Gasteiger partial charge in [0.2, 0.25) is 0 Å². The van der Waals surface area contributed by atoms with Crippen molar-refractivity contribution in [3.05, 3.63) is 35.4 Å². The second kappa shape index (κ2) is 7.43. The Kier molecular flexibility index (Phi) is 6.19. The fraction of sp³-hybridized carbons (Fsp3) is 0.571. The van der Waals surface area contributed by atoms with Crippen molar-refractivity contribution in [1.29, 1.82) is 0 Å². The topological polar surface area (TPSA) is 47.3 Å². The summed E-state index contributed by atoms with van der Waals surface area (Å²) in [7, 11) is 0. The molecule has 1 aromatic rings. The van der Waals surface area contributed by atoms with Crippen molar-refractivity contribution in [1.82, 2.24) is 5.43 Å². The summed E-state index contributed by atoms with van der Waals surface area (Å²) in [5.74, 6) is 5.64. The third-order valence-electron chi connectivity index (χ3n) is 2.98. The minimum absolute atomic E-state index is 0.168. The highest BCUT2D eigenvalue weighted by atomic mass is 16.5. The minimum Gasteiger partial charge on any atom is -0.377 e. The summed E-state index contributed by atoms with van der Waals surface area (Å²) in [5.41, 5.74) is 5.46. The zero-order valence-electron chi connectivity index (χ0n) is 11.1. The van der Waals surface area contributed by atoms with Crippen LogP contribution < -0.4 is 11.3 Å². The third-order valence-corrected chi connectivity index (χ3v) is 2.98. The van der Waals surface area contributed by atoms with E-state index in [1.165, 1.54) is 11.1 Å². The highest BCUT2D eigenvalue weighted by Crippen LogP contribution is 2.12. The molecule has 0 saturated heterocycles. The molecule has 3 N–H and O–H groups in total. The molecule has 0 fully saturated rings. The zero-order chi connectivity index (χ0) is 12.7. The fourth-order valence-electron chi connectivity index (χ4n) is 2.12. The monoisotopic (exact) mass is 236 g/mol. The molecule has 96 valence electrons. The molecule has 2 atom stereocenters. The zero-order valence-corrected chi connectivity index (χ0v) is 11.1. The lowest BCUT2D eigenvalue weighted by molar-refractivity contribution is 0.0319. The van der Waals surface area contributed by atoms with Gasteiger partial charge in [0.25, 0.3) is 0 Å². The lowest BCUT2D eigenvalue weighted by Crippen LogP contribution is -2.46. The second-order valence-electron chi connectivity index (χ2n) is 4.37. The standard InChI is InChI=1S/C14H24N2O/c1-4-14(17-5-2)13(16-15)10-12-8-6-7-11(3)9-12/h6-9,13-14,16H,4-5,10,15H2,1-3H3. The van der Waals surface area contributed by atoms with Crippen LogP contribution in [-0.2, 0) is 11.2 Å². The summed E-state index contributed by atoms with van der Waals surface area (Å²) in [6, 6.07) is 8.69. The molecule has 3 nitrogen and oxygen atoms in total. The van der Waals surface area contributed by atoms with Gasteiger partial charge in [-0.2, -0.15) is 0 Å². The van der Waals surface area contributed by atoms with E-state index in [0.29, 0.717) is 0 Å². The van der Waals surface area contributed by atoms with Crippen LogP contribution in [0.4, 0.5) is 0 Å². The Morgan fingerprint density at radius 2 is 2.12 bits per heavy atom. The Bertz CT molecular complexity index is 328. The maximum atomic E-state index is 5.70. The van der Waals surface area contributed by atoms with Crippen LogP contribution in [0.5, 0.6) is 0 Å². The predicted molar refractivity (Wildman–Crippen MR) is 71.7 cm³/mol. The van der Waals surface area contributed by atoms with E-state index < -0.39 is 0 Å². The van der Waals surface area contributed by atoms with Crippen molar-refractivity contribution in [2.45, 2.75) is 45.8 Å². The van der Waals surface area contributed by atoms with Gasteiger partial charge in [0.1, 0.15) is 0 Å². The number of benzene rings is 1. The van der Waals surface area contributed by atoms with Gasteiger partial charge in [-0.15, -0.1) is 0 Å². The Hall–Kier alpha value is -0.900. The van der Waals surface area contributed by atoms with E-state index in [4.69, 9.17) is 10.6 Å². The van der Waals surface area contributed by atoms with E-state index in [1.807, 2.05) is 6.92 Å². The summed E-state index contributed by atoms with van der Waals surface area (Å²) in [4.78, 5) is 0. The van der Waals surface area contributed by atoms with Crippen LogP contribution in [0, 0.1) is 6.92 Å². The van der Waals surface area contributed by atoms with Crippen LogP contribution in [0.2, 0.25) is 0 Å². The van der Waals surface area contributed by atoms with Gasteiger partial charge in [-0.25, -0.2) is 0 Å². The molecule has 0 heterocycles. The predicted octanol–water partition coefficient (Wildman–Crippen LogP) is 2.18. The minimum atomic E-state index is 0.168. The average Bonchev–Trinajstić information content (AvgIpc) is 2.33. The number of hydrogen-bond acceptors (Lipinski definition) is 3. The molecule has 1 aromatic carbocycles. The number of ether oxygens (including phenoxy) is 1. The number of aryl methyl sites for hydroxylation is 1. The molecular weight excluding hydrogens is 212 g/mol. The molecule has 0 amide bonds. The van der Waals surface area contributed by atoms with Crippen LogP contribution in [0.3, 0.4) is 0 Å². The Balaban J connectivity index is 2.68. The van der Waals surface area contributed by atoms with Crippen LogP contribution in [0.25, 0.3) is 0 Å². The normalized spacial score (nSPS) is 14.6. The molecule has 2 unspecified atom stereocenters. The third kappa shape index (κ3) is 4.46. The SMILES string of the molecule is CCOC(CC)C(Cc1cccc(C)c1)NN. The van der Waals surface area contributed by atoms with E-state index in [0.717, 1.165) is 19.4 Å². The number of hydrogen-bond donors (Lipinski definition) is 2. The summed E-state index contributed by atoms with van der Waals surface area (Å²) in [6.07, 6.45) is 2.04. The number of rotatable bonds is 7. The molecule has 1 rings (SSSR count). The van der Waals surface area contributed by atoms with Crippen LogP contribution in [-0.4, -0.2) is 18.8 Å². The van der Waals surface area contributed by atoms with E-state index >= 15 is 0 Å². The van der Waals surface area contributed by atoms with Crippen LogP contribution in [0.1, 0.15) is 31.4 Å². The Morgan fingerprint density at radius 1 is 1.35 bits per heavy atom. The van der Waals surface area contributed by atoms with E-state index in [9.17, 15) is 0 Å². The fourth-order valence-corrected chi connectivity index (χ4v) is 2.12. The van der Waals surface area contributed by atoms with Gasteiger partial charge in [-0.1, -0.05) is 36.8 Å². The lowest BCUT2D eigenvalue weighted by Gasteiger charge is -2.25. The van der Waals surface area contributed by atoms with Crippen LogP contribution in [0.15, 0.2) is 24.3 Å². The summed E-state index contributed by atoms with van der Waals surface area (Å²) in [5, 5.41) is 0. The second-order valence-corrected chi connectivity index (χ2v) is 4.37. The lowest BCUT2D eigenvalue weighted by atomic mass is 9.99. The number of hydrazine groups is 1. The van der Waals surface area contributed by atoms with Crippen LogP contribution >= 0.6 is 0 Å². The first-order valence-corrected chi connectivity index (χ1v) is 6.34. The maximum Gasteiger partial charge on any atom is 0.0741 e. The maximum absolute atomic E-state index is 5.70. The van der Waals surface area contributed by atoms with Crippen molar-refractivity contribution in [3.8, 4) is 0 Å². The molecule has 0 spiro atoms. The molecular formula is C14H24N2O. The van der Waals surface area contributed by atoms with Crippen molar-refractivity contribution in [2.24, 2.45) is 5.84 Å². The number of nitrogens with one attached hydrogen (secondary N) is 1. The summed E-state index contributed by atoms with van der Waals surface area (Å²) < 4.78 is 5.70. The largest absolute Gasteiger partial charge is 0.377 e. The van der Waals surface area contributed by atoms with Gasteiger partial charge >= 0.3 is 0 Å². The van der Waals surface area contributed by atoms with Crippen molar-refractivity contribution < 1.29 is 4.74 Å². The van der Waals surface area contributed by atoms with Gasteiger partial charge in [0.05, 0.1) is 12.1 Å². The average molecular weight is 236 g/mol. The molecule has 0 aromatic heterocycles. The van der Waals surface area contributed by atoms with Gasteiger partial charge in [-0.3, -0.25) is 11.3 Å². The first-order chi connectivity index (χ1) is 8.21. The molecule has 0 aliphatic carbocycles. The molecule has 0 aliphatic rings. The Labute approximate surface area is 104 Å². The van der Waals surface area contributed by atoms with E-state index in [1.54, 1.807) is 0 Å². The van der Waals surface area contributed by atoms with Gasteiger partial charge in [0.15, 0.2) is 0 Å². The van der Waals surface area contributed by atoms with Crippen molar-refractivity contribution in [3.63, 3.8) is 0 Å². The van der Waals surface area contributed by atoms with Gasteiger partial charge < -0.3 is 4.74 Å². The Morgan fingerprint density at radius 3 is 2.65 bits per heavy atom. The van der Waals surface area contributed by atoms with Crippen molar-refractivity contribution >= 4 is 0 Å². The molecule has 0 radical (unpaired) electrons. The quantitative estimate of drug-likeness (QED) is 0.563. The van der Waals surface area contributed by atoms with E-state index in [2.05, 4.69) is 43.5 Å². The summed E-state index contributed by atoms with van der Waals surface area (Å²) >= 11 is 0. The molecule has 3 heteroatoms. The molecule has 0 aliphatic heterocycles.